The lowest BCUT2D eigenvalue weighted by molar-refractivity contribution is -0.144. The van der Waals surface area contributed by atoms with E-state index in [-0.39, 0.29) is 5.92 Å². The van der Waals surface area contributed by atoms with E-state index in [1.54, 1.807) is 0 Å². The molecule has 1 aliphatic carbocycles. The molecule has 19 heavy (non-hydrogen) atoms. The summed E-state index contributed by atoms with van der Waals surface area (Å²) in [7, 11) is 0. The summed E-state index contributed by atoms with van der Waals surface area (Å²) in [6.07, 6.45) is 12.9. The average molecular weight is 265 g/mol. The molecule has 1 rings (SSSR count). The Morgan fingerprint density at radius 1 is 1.11 bits per heavy atom. The summed E-state index contributed by atoms with van der Waals surface area (Å²) in [4.78, 5) is 11.3. The Balaban J connectivity index is 2.05. The Labute approximate surface area is 117 Å². The highest BCUT2D eigenvalue weighted by Gasteiger charge is 2.29. The molecule has 0 aromatic carbocycles. The third kappa shape index (κ3) is 6.61. The SMILES string of the molecule is N#CCCCCCCCC[C@H](C(=O)O)C1CCCC1. The second-order valence-corrected chi connectivity index (χ2v) is 5.81. The third-order valence-electron chi connectivity index (χ3n) is 4.34. The van der Waals surface area contributed by atoms with Crippen LogP contribution in [0.25, 0.3) is 0 Å². The van der Waals surface area contributed by atoms with E-state index in [9.17, 15) is 9.90 Å². The van der Waals surface area contributed by atoms with Gasteiger partial charge in [0.25, 0.3) is 0 Å². The van der Waals surface area contributed by atoms with Gasteiger partial charge in [-0.15, -0.1) is 0 Å². The molecule has 0 heterocycles. The molecule has 0 aromatic rings. The number of nitriles is 1. The molecule has 108 valence electrons. The van der Waals surface area contributed by atoms with Gasteiger partial charge >= 0.3 is 5.97 Å². The van der Waals surface area contributed by atoms with Gasteiger partial charge in [-0.25, -0.2) is 0 Å². The minimum Gasteiger partial charge on any atom is -0.481 e. The predicted octanol–water partition coefficient (Wildman–Crippen LogP) is 4.52. The standard InChI is InChI=1S/C16H27NO2/c17-13-9-5-3-1-2-4-6-12-15(16(18)19)14-10-7-8-11-14/h14-15H,1-12H2,(H,18,19)/t15-/m0/s1. The van der Waals surface area contributed by atoms with Gasteiger partial charge in [0, 0.05) is 6.42 Å². The van der Waals surface area contributed by atoms with Gasteiger partial charge in [-0.1, -0.05) is 44.9 Å². The van der Waals surface area contributed by atoms with E-state index in [0.29, 0.717) is 12.3 Å². The van der Waals surface area contributed by atoms with Crippen LogP contribution in [-0.4, -0.2) is 11.1 Å². The minimum atomic E-state index is -0.582. The summed E-state index contributed by atoms with van der Waals surface area (Å²) in [5.74, 6) is -0.241. The van der Waals surface area contributed by atoms with Crippen LogP contribution in [0.3, 0.4) is 0 Å². The lowest BCUT2D eigenvalue weighted by atomic mass is 9.86. The van der Waals surface area contributed by atoms with Crippen LogP contribution in [0, 0.1) is 23.2 Å². The number of hydrogen-bond acceptors (Lipinski definition) is 2. The first kappa shape index (κ1) is 16.0. The van der Waals surface area contributed by atoms with E-state index in [4.69, 9.17) is 5.26 Å². The van der Waals surface area contributed by atoms with Crippen molar-refractivity contribution in [2.45, 2.75) is 77.0 Å². The third-order valence-corrected chi connectivity index (χ3v) is 4.34. The van der Waals surface area contributed by atoms with Crippen molar-refractivity contribution >= 4 is 5.97 Å². The molecule has 3 heteroatoms. The molecule has 0 radical (unpaired) electrons. The lowest BCUT2D eigenvalue weighted by Gasteiger charge is -2.18. The highest BCUT2D eigenvalue weighted by atomic mass is 16.4. The first-order valence-corrected chi connectivity index (χ1v) is 7.85. The smallest absolute Gasteiger partial charge is 0.306 e. The fraction of sp³-hybridized carbons (Fsp3) is 0.875. The van der Waals surface area contributed by atoms with Gasteiger partial charge in [0.2, 0.25) is 0 Å². The molecule has 0 bridgehead atoms. The van der Waals surface area contributed by atoms with E-state index in [1.165, 1.54) is 25.7 Å². The molecule has 1 aliphatic rings. The van der Waals surface area contributed by atoms with E-state index < -0.39 is 5.97 Å². The van der Waals surface area contributed by atoms with Crippen LogP contribution >= 0.6 is 0 Å². The maximum absolute atomic E-state index is 11.3. The summed E-state index contributed by atoms with van der Waals surface area (Å²) in [5.41, 5.74) is 0. The largest absolute Gasteiger partial charge is 0.481 e. The van der Waals surface area contributed by atoms with Crippen molar-refractivity contribution < 1.29 is 9.90 Å². The maximum atomic E-state index is 11.3. The van der Waals surface area contributed by atoms with Crippen LogP contribution in [-0.2, 0) is 4.79 Å². The normalized spacial score (nSPS) is 17.2. The van der Waals surface area contributed by atoms with E-state index >= 15 is 0 Å². The van der Waals surface area contributed by atoms with Crippen molar-refractivity contribution in [2.75, 3.05) is 0 Å². The number of rotatable bonds is 10. The van der Waals surface area contributed by atoms with Crippen LogP contribution in [0.1, 0.15) is 77.0 Å². The molecule has 0 unspecified atom stereocenters. The van der Waals surface area contributed by atoms with Crippen LogP contribution in [0.4, 0.5) is 0 Å². The molecule has 3 nitrogen and oxygen atoms in total. The minimum absolute atomic E-state index is 0.0962. The average Bonchev–Trinajstić information content (AvgIpc) is 2.90. The summed E-state index contributed by atoms with van der Waals surface area (Å²) < 4.78 is 0. The molecular formula is C16H27NO2. The molecule has 0 aliphatic heterocycles. The van der Waals surface area contributed by atoms with Crippen molar-refractivity contribution in [3.63, 3.8) is 0 Å². The fourth-order valence-corrected chi connectivity index (χ4v) is 3.20. The van der Waals surface area contributed by atoms with Crippen molar-refractivity contribution in [3.05, 3.63) is 0 Å². The van der Waals surface area contributed by atoms with Gasteiger partial charge in [-0.3, -0.25) is 4.79 Å². The van der Waals surface area contributed by atoms with Gasteiger partial charge in [0.15, 0.2) is 0 Å². The highest BCUT2D eigenvalue weighted by Crippen LogP contribution is 2.34. The van der Waals surface area contributed by atoms with Gasteiger partial charge in [-0.2, -0.15) is 5.26 Å². The first-order valence-electron chi connectivity index (χ1n) is 7.85. The number of hydrogen-bond donors (Lipinski definition) is 1. The number of unbranched alkanes of at least 4 members (excludes halogenated alkanes) is 6. The van der Waals surface area contributed by atoms with Crippen molar-refractivity contribution in [1.29, 1.82) is 5.26 Å². The second kappa shape index (κ2) is 9.83. The molecule has 0 aromatic heterocycles. The van der Waals surface area contributed by atoms with Gasteiger partial charge < -0.3 is 5.11 Å². The Bertz CT molecular complexity index is 290. The van der Waals surface area contributed by atoms with Gasteiger partial charge in [0.1, 0.15) is 0 Å². The summed E-state index contributed by atoms with van der Waals surface area (Å²) >= 11 is 0. The monoisotopic (exact) mass is 265 g/mol. The van der Waals surface area contributed by atoms with Gasteiger partial charge in [0.05, 0.1) is 12.0 Å². The zero-order chi connectivity index (χ0) is 13.9. The molecule has 0 amide bonds. The van der Waals surface area contributed by atoms with Crippen molar-refractivity contribution in [3.8, 4) is 6.07 Å². The topological polar surface area (TPSA) is 61.1 Å². The zero-order valence-corrected chi connectivity index (χ0v) is 11.9. The first-order chi connectivity index (χ1) is 9.25. The number of nitrogens with zero attached hydrogens (tertiary/aromatic N) is 1. The van der Waals surface area contributed by atoms with Crippen molar-refractivity contribution in [1.82, 2.24) is 0 Å². The van der Waals surface area contributed by atoms with E-state index in [2.05, 4.69) is 6.07 Å². The summed E-state index contributed by atoms with van der Waals surface area (Å²) in [5, 5.41) is 17.7. The van der Waals surface area contributed by atoms with E-state index in [0.717, 1.165) is 44.9 Å². The Kier molecular flexibility index (Phi) is 8.29. The molecule has 0 saturated heterocycles. The summed E-state index contributed by atoms with van der Waals surface area (Å²) in [6.45, 7) is 0. The Morgan fingerprint density at radius 2 is 1.68 bits per heavy atom. The quantitative estimate of drug-likeness (QED) is 0.591. The van der Waals surface area contributed by atoms with Crippen LogP contribution in [0.2, 0.25) is 0 Å². The highest BCUT2D eigenvalue weighted by molar-refractivity contribution is 5.70. The maximum Gasteiger partial charge on any atom is 0.306 e. The zero-order valence-electron chi connectivity index (χ0n) is 11.9. The molecular weight excluding hydrogens is 238 g/mol. The summed E-state index contributed by atoms with van der Waals surface area (Å²) in [6, 6.07) is 2.16. The molecule has 0 spiro atoms. The van der Waals surface area contributed by atoms with Gasteiger partial charge in [-0.05, 0) is 31.6 Å². The molecule has 1 N–H and O–H groups in total. The Morgan fingerprint density at radius 3 is 2.26 bits per heavy atom. The van der Waals surface area contributed by atoms with Crippen LogP contribution in [0.15, 0.2) is 0 Å². The van der Waals surface area contributed by atoms with E-state index in [1.807, 2.05) is 0 Å². The lowest BCUT2D eigenvalue weighted by Crippen LogP contribution is -2.21. The second-order valence-electron chi connectivity index (χ2n) is 5.81. The number of carboxylic acids is 1. The Hall–Kier alpha value is -1.04. The number of carboxylic acid groups (broad SMARTS) is 1. The number of carbonyl (C=O) groups is 1. The van der Waals surface area contributed by atoms with Crippen molar-refractivity contribution in [2.24, 2.45) is 11.8 Å². The predicted molar refractivity (Wildman–Crippen MR) is 75.6 cm³/mol. The molecule has 1 saturated carbocycles. The van der Waals surface area contributed by atoms with Crippen LogP contribution in [0.5, 0.6) is 0 Å². The number of aliphatic carboxylic acids is 1. The molecule has 1 atom stereocenters. The molecule has 1 fully saturated rings. The fourth-order valence-electron chi connectivity index (χ4n) is 3.20. The van der Waals surface area contributed by atoms with Crippen LogP contribution < -0.4 is 0 Å².